The van der Waals surface area contributed by atoms with Gasteiger partial charge < -0.3 is 10.5 Å². The van der Waals surface area contributed by atoms with Crippen LogP contribution in [0.5, 0.6) is 11.5 Å². The third kappa shape index (κ3) is 3.42. The molecule has 0 radical (unpaired) electrons. The minimum Gasteiger partial charge on any atom is -0.457 e. The number of hydrogen-bond donors (Lipinski definition) is 1. The van der Waals surface area contributed by atoms with Gasteiger partial charge in [-0.15, -0.1) is 0 Å². The quantitative estimate of drug-likeness (QED) is 0.889. The van der Waals surface area contributed by atoms with Crippen molar-refractivity contribution in [1.29, 1.82) is 0 Å². The molecule has 21 heavy (non-hydrogen) atoms. The van der Waals surface area contributed by atoms with Crippen molar-refractivity contribution in [3.63, 3.8) is 0 Å². The van der Waals surface area contributed by atoms with Gasteiger partial charge in [0.15, 0.2) is 0 Å². The lowest BCUT2D eigenvalue weighted by Crippen LogP contribution is -2.13. The second kappa shape index (κ2) is 5.86. The summed E-state index contributed by atoms with van der Waals surface area (Å²) in [6.45, 7) is 8.49. The number of benzene rings is 2. The molecule has 0 aliphatic heterocycles. The number of rotatable bonds is 3. The molecule has 2 rings (SSSR count). The monoisotopic (exact) mass is 287 g/mol. The lowest BCUT2D eigenvalue weighted by Gasteiger charge is -2.23. The highest BCUT2D eigenvalue weighted by Gasteiger charge is 2.20. The molecule has 2 N–H and O–H groups in total. The maximum Gasteiger partial charge on any atom is 0.134 e. The molecular formula is C18H22FNO. The van der Waals surface area contributed by atoms with E-state index in [4.69, 9.17) is 10.5 Å². The lowest BCUT2D eigenvalue weighted by atomic mass is 9.86. The minimum atomic E-state index is -0.333. The first-order valence-corrected chi connectivity index (χ1v) is 7.09. The van der Waals surface area contributed by atoms with Crippen LogP contribution in [-0.4, -0.2) is 0 Å². The Morgan fingerprint density at radius 3 is 2.43 bits per heavy atom. The topological polar surface area (TPSA) is 35.2 Å². The average Bonchev–Trinajstić information content (AvgIpc) is 2.37. The smallest absolute Gasteiger partial charge is 0.134 e. The average molecular weight is 287 g/mol. The summed E-state index contributed by atoms with van der Waals surface area (Å²) in [7, 11) is 0. The van der Waals surface area contributed by atoms with Crippen LogP contribution in [-0.2, 0) is 12.0 Å². The molecule has 0 saturated carbocycles. The summed E-state index contributed by atoms with van der Waals surface area (Å²) in [6.07, 6.45) is 0. The molecular weight excluding hydrogens is 265 g/mol. The van der Waals surface area contributed by atoms with Gasteiger partial charge in [0.1, 0.15) is 17.3 Å². The Kier molecular flexibility index (Phi) is 4.33. The molecule has 2 nitrogen and oxygen atoms in total. The van der Waals surface area contributed by atoms with Gasteiger partial charge >= 0.3 is 0 Å². The molecule has 0 aliphatic rings. The first-order chi connectivity index (χ1) is 9.82. The fraction of sp³-hybridized carbons (Fsp3) is 0.333. The number of aryl methyl sites for hydroxylation is 1. The molecule has 0 spiro atoms. The molecule has 0 heterocycles. The van der Waals surface area contributed by atoms with E-state index in [2.05, 4.69) is 32.9 Å². The van der Waals surface area contributed by atoms with Crippen molar-refractivity contribution in [2.24, 2.45) is 5.73 Å². The van der Waals surface area contributed by atoms with Gasteiger partial charge in [0, 0.05) is 17.7 Å². The van der Waals surface area contributed by atoms with Crippen LogP contribution in [0, 0.1) is 12.7 Å². The Hall–Kier alpha value is -1.87. The highest BCUT2D eigenvalue weighted by Crippen LogP contribution is 2.36. The van der Waals surface area contributed by atoms with Crippen LogP contribution in [0.3, 0.4) is 0 Å². The first kappa shape index (κ1) is 15.5. The predicted molar refractivity (Wildman–Crippen MR) is 84.2 cm³/mol. The molecule has 0 aromatic heterocycles. The summed E-state index contributed by atoms with van der Waals surface area (Å²) in [5, 5.41) is 0. The van der Waals surface area contributed by atoms with E-state index in [1.165, 1.54) is 6.07 Å². The molecule has 0 atom stereocenters. The summed E-state index contributed by atoms with van der Waals surface area (Å²) in [5.74, 6) is 0.899. The van der Waals surface area contributed by atoms with Gasteiger partial charge in [-0.1, -0.05) is 39.0 Å². The third-order valence-electron chi connectivity index (χ3n) is 3.45. The zero-order valence-corrected chi connectivity index (χ0v) is 13.0. The Bertz CT molecular complexity index is 644. The second-order valence-electron chi connectivity index (χ2n) is 6.27. The van der Waals surface area contributed by atoms with Crippen LogP contribution >= 0.6 is 0 Å². The van der Waals surface area contributed by atoms with Crippen molar-refractivity contribution in [2.75, 3.05) is 0 Å². The zero-order chi connectivity index (χ0) is 15.6. The van der Waals surface area contributed by atoms with Crippen molar-refractivity contribution >= 4 is 0 Å². The van der Waals surface area contributed by atoms with Gasteiger partial charge in [-0.05, 0) is 36.1 Å². The van der Waals surface area contributed by atoms with Crippen LogP contribution in [0.4, 0.5) is 4.39 Å². The number of ether oxygens (including phenoxy) is 1. The summed E-state index contributed by atoms with van der Waals surface area (Å²) >= 11 is 0. The molecule has 0 fully saturated rings. The molecule has 0 amide bonds. The van der Waals surface area contributed by atoms with Gasteiger partial charge in [-0.25, -0.2) is 4.39 Å². The Labute approximate surface area is 125 Å². The Morgan fingerprint density at radius 2 is 1.81 bits per heavy atom. The molecule has 0 bridgehead atoms. The second-order valence-corrected chi connectivity index (χ2v) is 6.27. The van der Waals surface area contributed by atoms with Gasteiger partial charge in [-0.3, -0.25) is 0 Å². The summed E-state index contributed by atoms with van der Waals surface area (Å²) in [6, 6.07) is 10.9. The molecule has 2 aromatic carbocycles. The van der Waals surface area contributed by atoms with Gasteiger partial charge in [0.2, 0.25) is 0 Å². The fourth-order valence-corrected chi connectivity index (χ4v) is 2.28. The minimum absolute atomic E-state index is 0.0563. The van der Waals surface area contributed by atoms with Crippen LogP contribution in [0.25, 0.3) is 0 Å². The fourth-order valence-electron chi connectivity index (χ4n) is 2.28. The van der Waals surface area contributed by atoms with Crippen LogP contribution in [0.2, 0.25) is 0 Å². The molecule has 112 valence electrons. The molecule has 0 aliphatic carbocycles. The highest BCUT2D eigenvalue weighted by atomic mass is 19.1. The normalized spacial score (nSPS) is 11.5. The summed E-state index contributed by atoms with van der Waals surface area (Å²) in [4.78, 5) is 0. The molecule has 0 unspecified atom stereocenters. The predicted octanol–water partition coefficient (Wildman–Crippen LogP) is 4.68. The third-order valence-corrected chi connectivity index (χ3v) is 3.45. The van der Waals surface area contributed by atoms with Crippen molar-refractivity contribution in [3.8, 4) is 11.5 Å². The van der Waals surface area contributed by atoms with Crippen LogP contribution in [0.1, 0.15) is 37.5 Å². The Morgan fingerprint density at radius 1 is 1.10 bits per heavy atom. The van der Waals surface area contributed by atoms with E-state index >= 15 is 0 Å². The van der Waals surface area contributed by atoms with Crippen molar-refractivity contribution in [3.05, 3.63) is 58.9 Å². The zero-order valence-electron chi connectivity index (χ0n) is 13.0. The van der Waals surface area contributed by atoms with E-state index in [9.17, 15) is 4.39 Å². The largest absolute Gasteiger partial charge is 0.457 e. The first-order valence-electron chi connectivity index (χ1n) is 7.09. The van der Waals surface area contributed by atoms with Crippen molar-refractivity contribution in [1.82, 2.24) is 0 Å². The number of hydrogen-bond acceptors (Lipinski definition) is 2. The summed E-state index contributed by atoms with van der Waals surface area (Å²) in [5.41, 5.74) is 8.17. The van der Waals surface area contributed by atoms with E-state index < -0.39 is 0 Å². The summed E-state index contributed by atoms with van der Waals surface area (Å²) < 4.78 is 19.8. The van der Waals surface area contributed by atoms with Gasteiger partial charge in [0.25, 0.3) is 0 Å². The van der Waals surface area contributed by atoms with E-state index in [0.717, 1.165) is 16.9 Å². The van der Waals surface area contributed by atoms with E-state index in [-0.39, 0.29) is 17.8 Å². The molecule has 3 heteroatoms. The SMILES string of the molecule is Cc1ccc(C(C)(C)C)c(Oc2cccc(F)c2CN)c1. The van der Waals surface area contributed by atoms with Crippen molar-refractivity contribution < 1.29 is 9.13 Å². The Balaban J connectivity index is 2.49. The molecule has 0 saturated heterocycles. The lowest BCUT2D eigenvalue weighted by molar-refractivity contribution is 0.444. The van der Waals surface area contributed by atoms with E-state index in [1.807, 2.05) is 13.0 Å². The number of nitrogens with two attached hydrogens (primary N) is 1. The standard InChI is InChI=1S/C18H22FNO/c1-12-8-9-14(18(2,3)4)17(10-12)21-16-7-5-6-15(19)13(16)11-20/h5-10H,11,20H2,1-4H3. The van der Waals surface area contributed by atoms with Gasteiger partial charge in [0.05, 0.1) is 0 Å². The maximum atomic E-state index is 13.8. The van der Waals surface area contributed by atoms with E-state index in [0.29, 0.717) is 11.3 Å². The van der Waals surface area contributed by atoms with Gasteiger partial charge in [-0.2, -0.15) is 0 Å². The van der Waals surface area contributed by atoms with Crippen molar-refractivity contribution in [2.45, 2.75) is 39.7 Å². The molecule has 2 aromatic rings. The maximum absolute atomic E-state index is 13.8. The highest BCUT2D eigenvalue weighted by molar-refractivity contribution is 5.46. The van der Waals surface area contributed by atoms with E-state index in [1.54, 1.807) is 12.1 Å². The number of halogens is 1. The van der Waals surface area contributed by atoms with Crippen LogP contribution < -0.4 is 10.5 Å². The van der Waals surface area contributed by atoms with Crippen LogP contribution in [0.15, 0.2) is 36.4 Å².